The fraction of sp³-hybridized carbons (Fsp3) is 0.417. The van der Waals surface area contributed by atoms with Gasteiger partial charge in [0.15, 0.2) is 0 Å². The quantitative estimate of drug-likeness (QED) is 0.685. The minimum absolute atomic E-state index is 0.0788. The molecule has 0 aliphatic carbocycles. The largest absolute Gasteiger partial charge is 0.398 e. The molecule has 21 heavy (non-hydrogen) atoms. The van der Waals surface area contributed by atoms with E-state index in [1.54, 1.807) is 0 Å². The maximum absolute atomic E-state index is 12.7. The molecule has 0 spiro atoms. The van der Waals surface area contributed by atoms with Crippen LogP contribution in [0.15, 0.2) is 21.5 Å². The Morgan fingerprint density at radius 1 is 1.43 bits per heavy atom. The summed E-state index contributed by atoms with van der Waals surface area (Å²) in [5.41, 5.74) is 11.0. The molecule has 0 aliphatic heterocycles. The number of carbonyl (C=O) groups is 1. The molecule has 0 saturated carbocycles. The SMILES string of the molecule is CCCCN(CC(N)=O)S(=O)(=O)c1cc(Cl)cc(N)c1Br. The van der Waals surface area contributed by atoms with Crippen molar-refractivity contribution in [2.45, 2.75) is 24.7 Å². The number of carbonyl (C=O) groups excluding carboxylic acids is 1. The van der Waals surface area contributed by atoms with Crippen molar-refractivity contribution in [3.63, 3.8) is 0 Å². The van der Waals surface area contributed by atoms with Crippen LogP contribution in [-0.4, -0.2) is 31.7 Å². The Bertz CT molecular complexity index is 637. The van der Waals surface area contributed by atoms with Crippen LogP contribution in [0.4, 0.5) is 5.69 Å². The summed E-state index contributed by atoms with van der Waals surface area (Å²) in [6, 6.07) is 2.73. The van der Waals surface area contributed by atoms with Gasteiger partial charge in [0, 0.05) is 17.3 Å². The molecule has 0 fully saturated rings. The highest BCUT2D eigenvalue weighted by atomic mass is 79.9. The van der Waals surface area contributed by atoms with E-state index in [0.717, 1.165) is 10.7 Å². The second-order valence-corrected chi connectivity index (χ2v) is 7.60. The van der Waals surface area contributed by atoms with E-state index in [-0.39, 0.29) is 33.2 Å². The number of nitrogen functional groups attached to an aromatic ring is 1. The third-order valence-electron chi connectivity index (χ3n) is 2.74. The van der Waals surface area contributed by atoms with Gasteiger partial charge in [0.25, 0.3) is 0 Å². The Balaban J connectivity index is 3.31. The van der Waals surface area contributed by atoms with Crippen LogP contribution in [-0.2, 0) is 14.8 Å². The first kappa shape index (κ1) is 18.2. The average Bonchev–Trinajstić information content (AvgIpc) is 2.38. The predicted molar refractivity (Wildman–Crippen MR) is 86.4 cm³/mol. The van der Waals surface area contributed by atoms with Crippen molar-refractivity contribution < 1.29 is 13.2 Å². The van der Waals surface area contributed by atoms with E-state index in [1.807, 2.05) is 6.92 Å². The van der Waals surface area contributed by atoms with Crippen LogP contribution in [0.25, 0.3) is 0 Å². The zero-order valence-electron chi connectivity index (χ0n) is 11.5. The fourth-order valence-electron chi connectivity index (χ4n) is 1.70. The van der Waals surface area contributed by atoms with Crippen molar-refractivity contribution in [2.75, 3.05) is 18.8 Å². The van der Waals surface area contributed by atoms with Crippen LogP contribution in [0, 0.1) is 0 Å². The molecule has 0 aliphatic rings. The molecule has 0 saturated heterocycles. The third-order valence-corrected chi connectivity index (χ3v) is 5.98. The molecule has 1 aromatic rings. The number of hydrogen-bond donors (Lipinski definition) is 2. The van der Waals surface area contributed by atoms with Crippen LogP contribution < -0.4 is 11.5 Å². The lowest BCUT2D eigenvalue weighted by Gasteiger charge is -2.21. The number of unbranched alkanes of at least 4 members (excludes halogenated alkanes) is 1. The van der Waals surface area contributed by atoms with E-state index in [2.05, 4.69) is 15.9 Å². The van der Waals surface area contributed by atoms with Gasteiger partial charge in [-0.25, -0.2) is 8.42 Å². The van der Waals surface area contributed by atoms with E-state index in [9.17, 15) is 13.2 Å². The highest BCUT2D eigenvalue weighted by Crippen LogP contribution is 2.33. The first-order valence-electron chi connectivity index (χ1n) is 6.23. The number of halogens is 2. The zero-order valence-corrected chi connectivity index (χ0v) is 14.6. The summed E-state index contributed by atoms with van der Waals surface area (Å²) >= 11 is 9.01. The Hall–Kier alpha value is -0.830. The number of hydrogen-bond acceptors (Lipinski definition) is 4. The van der Waals surface area contributed by atoms with Crippen LogP contribution in [0.3, 0.4) is 0 Å². The van der Waals surface area contributed by atoms with Crippen molar-refractivity contribution in [2.24, 2.45) is 5.73 Å². The minimum atomic E-state index is -3.92. The lowest BCUT2D eigenvalue weighted by Crippen LogP contribution is -2.39. The van der Waals surface area contributed by atoms with Gasteiger partial charge < -0.3 is 11.5 Å². The number of sulfonamides is 1. The topological polar surface area (TPSA) is 106 Å². The number of anilines is 1. The summed E-state index contributed by atoms with van der Waals surface area (Å²) in [4.78, 5) is 11.0. The first-order valence-corrected chi connectivity index (χ1v) is 8.84. The van der Waals surface area contributed by atoms with Gasteiger partial charge in [-0.05, 0) is 34.5 Å². The Morgan fingerprint density at radius 2 is 2.05 bits per heavy atom. The summed E-state index contributed by atoms with van der Waals surface area (Å²) in [5, 5.41) is 0.198. The van der Waals surface area contributed by atoms with Gasteiger partial charge in [-0.3, -0.25) is 4.79 Å². The Labute approximate surface area is 137 Å². The third kappa shape index (κ3) is 4.57. The molecule has 9 heteroatoms. The van der Waals surface area contributed by atoms with E-state index in [1.165, 1.54) is 12.1 Å². The summed E-state index contributed by atoms with van der Waals surface area (Å²) in [6.45, 7) is 1.73. The summed E-state index contributed by atoms with van der Waals surface area (Å²) in [7, 11) is -3.92. The molecule has 0 radical (unpaired) electrons. The fourth-order valence-corrected chi connectivity index (χ4v) is 4.40. The molecule has 0 atom stereocenters. The molecule has 0 bridgehead atoms. The number of primary amides is 1. The molecule has 0 unspecified atom stereocenters. The molecule has 1 aromatic carbocycles. The standard InChI is InChI=1S/C12H17BrClN3O3S/c1-2-3-4-17(7-11(16)18)21(19,20)10-6-8(14)5-9(15)12(10)13/h5-6H,2-4,7,15H2,1H3,(H2,16,18). The molecular formula is C12H17BrClN3O3S. The van der Waals surface area contributed by atoms with E-state index >= 15 is 0 Å². The van der Waals surface area contributed by atoms with Gasteiger partial charge in [0.2, 0.25) is 15.9 Å². The van der Waals surface area contributed by atoms with Crippen LogP contribution in [0.1, 0.15) is 19.8 Å². The highest BCUT2D eigenvalue weighted by Gasteiger charge is 2.28. The maximum atomic E-state index is 12.7. The lowest BCUT2D eigenvalue weighted by atomic mass is 10.3. The maximum Gasteiger partial charge on any atom is 0.244 e. The number of nitrogens with two attached hydrogens (primary N) is 2. The molecular weight excluding hydrogens is 382 g/mol. The lowest BCUT2D eigenvalue weighted by molar-refractivity contribution is -0.118. The molecule has 118 valence electrons. The minimum Gasteiger partial charge on any atom is -0.398 e. The molecule has 0 heterocycles. The molecule has 1 amide bonds. The number of benzene rings is 1. The van der Waals surface area contributed by atoms with Crippen molar-refractivity contribution in [1.82, 2.24) is 4.31 Å². The molecule has 4 N–H and O–H groups in total. The van der Waals surface area contributed by atoms with E-state index < -0.39 is 15.9 Å². The highest BCUT2D eigenvalue weighted by molar-refractivity contribution is 9.10. The van der Waals surface area contributed by atoms with Crippen molar-refractivity contribution in [3.05, 3.63) is 21.6 Å². The second kappa shape index (κ2) is 7.44. The van der Waals surface area contributed by atoms with Gasteiger partial charge in [-0.15, -0.1) is 0 Å². The summed E-state index contributed by atoms with van der Waals surface area (Å²) in [6.07, 6.45) is 1.39. The second-order valence-electron chi connectivity index (χ2n) is 4.47. The van der Waals surface area contributed by atoms with Gasteiger partial charge >= 0.3 is 0 Å². The normalized spacial score (nSPS) is 11.8. The number of nitrogens with zero attached hydrogens (tertiary/aromatic N) is 1. The first-order chi connectivity index (χ1) is 9.70. The molecule has 6 nitrogen and oxygen atoms in total. The Kier molecular flexibility index (Phi) is 6.45. The number of rotatable bonds is 7. The van der Waals surface area contributed by atoms with Crippen molar-refractivity contribution >= 4 is 49.1 Å². The summed E-state index contributed by atoms with van der Waals surface area (Å²) < 4.78 is 26.6. The van der Waals surface area contributed by atoms with Gasteiger partial charge in [0.05, 0.1) is 15.9 Å². The average molecular weight is 399 g/mol. The molecule has 1 rings (SSSR count). The van der Waals surface area contributed by atoms with E-state index in [4.69, 9.17) is 23.1 Å². The van der Waals surface area contributed by atoms with Gasteiger partial charge in [0.1, 0.15) is 0 Å². The van der Waals surface area contributed by atoms with Crippen molar-refractivity contribution in [1.29, 1.82) is 0 Å². The zero-order chi connectivity index (χ0) is 16.2. The monoisotopic (exact) mass is 397 g/mol. The molecule has 0 aromatic heterocycles. The van der Waals surface area contributed by atoms with Crippen LogP contribution in [0.5, 0.6) is 0 Å². The van der Waals surface area contributed by atoms with Crippen LogP contribution in [0.2, 0.25) is 5.02 Å². The van der Waals surface area contributed by atoms with Gasteiger partial charge in [-0.1, -0.05) is 24.9 Å². The van der Waals surface area contributed by atoms with Gasteiger partial charge in [-0.2, -0.15) is 4.31 Å². The smallest absolute Gasteiger partial charge is 0.244 e. The van der Waals surface area contributed by atoms with E-state index in [0.29, 0.717) is 6.42 Å². The number of amides is 1. The Morgan fingerprint density at radius 3 is 2.57 bits per heavy atom. The summed E-state index contributed by atoms with van der Waals surface area (Å²) in [5.74, 6) is -0.721. The van der Waals surface area contributed by atoms with Crippen LogP contribution >= 0.6 is 27.5 Å². The van der Waals surface area contributed by atoms with Crippen molar-refractivity contribution in [3.8, 4) is 0 Å². The predicted octanol–water partition coefficient (Wildman–Crippen LogP) is 1.96.